The average Bonchev–Trinajstić information content (AvgIpc) is 3.03. The number of ether oxygens (including phenoxy) is 1. The van der Waals surface area contributed by atoms with Gasteiger partial charge in [0.05, 0.1) is 6.61 Å². The van der Waals surface area contributed by atoms with E-state index in [9.17, 15) is 9.90 Å². The third-order valence-electron chi connectivity index (χ3n) is 6.05. The van der Waals surface area contributed by atoms with Gasteiger partial charge in [-0.25, -0.2) is 0 Å². The van der Waals surface area contributed by atoms with Crippen LogP contribution in [0.2, 0.25) is 0 Å². The molecule has 1 aromatic heterocycles. The number of methoxy groups -OCH3 is 1. The lowest BCUT2D eigenvalue weighted by Gasteiger charge is -2.41. The maximum Gasteiger partial charge on any atom is 0.255 e. The van der Waals surface area contributed by atoms with Gasteiger partial charge in [-0.2, -0.15) is 0 Å². The third-order valence-corrected chi connectivity index (χ3v) is 6.05. The molecule has 4 rings (SSSR count). The first-order chi connectivity index (χ1) is 13.0. The molecule has 6 nitrogen and oxygen atoms in total. The van der Waals surface area contributed by atoms with Crippen molar-refractivity contribution >= 4 is 16.8 Å². The Hall–Kier alpha value is -1.89. The van der Waals surface area contributed by atoms with Crippen LogP contribution in [0.1, 0.15) is 29.7 Å². The van der Waals surface area contributed by atoms with E-state index in [0.717, 1.165) is 25.9 Å². The summed E-state index contributed by atoms with van der Waals surface area (Å²) in [7, 11) is 1.63. The molecule has 1 saturated heterocycles. The summed E-state index contributed by atoms with van der Waals surface area (Å²) >= 11 is 0. The largest absolute Gasteiger partial charge is 0.383 e. The first kappa shape index (κ1) is 18.5. The number of carbonyl (C=O) groups excluding carboxylic acids is 1. The van der Waals surface area contributed by atoms with Crippen LogP contribution in [0.3, 0.4) is 0 Å². The number of fused-ring (bicyclic) bond motifs is 3. The van der Waals surface area contributed by atoms with E-state index < -0.39 is 5.60 Å². The van der Waals surface area contributed by atoms with Crippen LogP contribution in [-0.2, 0) is 22.5 Å². The van der Waals surface area contributed by atoms with Crippen molar-refractivity contribution in [3.8, 4) is 0 Å². The highest BCUT2D eigenvalue weighted by molar-refractivity contribution is 5.88. The Bertz CT molecular complexity index is 847. The molecule has 27 heavy (non-hydrogen) atoms. The number of aryl methyl sites for hydroxylation is 1. The van der Waals surface area contributed by atoms with Crippen molar-refractivity contribution in [3.63, 3.8) is 0 Å². The minimum Gasteiger partial charge on any atom is -0.383 e. The fourth-order valence-corrected chi connectivity index (χ4v) is 4.57. The van der Waals surface area contributed by atoms with Gasteiger partial charge in [-0.3, -0.25) is 9.69 Å². The number of amides is 1. The van der Waals surface area contributed by atoms with Crippen LogP contribution in [0.5, 0.6) is 0 Å². The average molecular weight is 371 g/mol. The first-order valence-corrected chi connectivity index (χ1v) is 9.84. The molecule has 6 heteroatoms. The molecule has 1 amide bonds. The number of likely N-dealkylation sites (tertiary alicyclic amines) is 1. The third kappa shape index (κ3) is 3.37. The minimum atomic E-state index is -1.29. The van der Waals surface area contributed by atoms with E-state index in [2.05, 4.69) is 35.0 Å². The van der Waals surface area contributed by atoms with Crippen molar-refractivity contribution in [1.29, 1.82) is 0 Å². The van der Waals surface area contributed by atoms with Crippen LogP contribution in [0, 0.1) is 6.92 Å². The summed E-state index contributed by atoms with van der Waals surface area (Å²) in [5, 5.41) is 12.4. The lowest BCUT2D eigenvalue weighted by atomic mass is 9.90. The summed E-state index contributed by atoms with van der Waals surface area (Å²) in [6, 6.07) is 6.38. The molecule has 0 bridgehead atoms. The smallest absolute Gasteiger partial charge is 0.255 e. The second-order valence-electron chi connectivity index (χ2n) is 7.96. The van der Waals surface area contributed by atoms with Crippen LogP contribution in [0.25, 0.3) is 10.9 Å². The molecule has 2 aliphatic heterocycles. The van der Waals surface area contributed by atoms with Crippen LogP contribution < -0.4 is 0 Å². The monoisotopic (exact) mass is 371 g/mol. The van der Waals surface area contributed by atoms with Crippen LogP contribution >= 0.6 is 0 Å². The highest BCUT2D eigenvalue weighted by atomic mass is 16.5. The van der Waals surface area contributed by atoms with Gasteiger partial charge in [-0.05, 0) is 30.9 Å². The Balaban J connectivity index is 1.51. The van der Waals surface area contributed by atoms with E-state index in [0.29, 0.717) is 32.7 Å². The zero-order chi connectivity index (χ0) is 19.0. The van der Waals surface area contributed by atoms with Gasteiger partial charge in [-0.15, -0.1) is 0 Å². The normalized spacial score (nSPS) is 23.8. The van der Waals surface area contributed by atoms with Crippen LogP contribution in [0.15, 0.2) is 18.2 Å². The molecule has 146 valence electrons. The zero-order valence-corrected chi connectivity index (χ0v) is 16.3. The fraction of sp³-hybridized carbons (Fsp3) is 0.571. The molecule has 1 fully saturated rings. The molecule has 0 saturated carbocycles. The Morgan fingerprint density at radius 2 is 2.19 bits per heavy atom. The van der Waals surface area contributed by atoms with Crippen LogP contribution in [-0.4, -0.2) is 71.3 Å². The highest BCUT2D eigenvalue weighted by Crippen LogP contribution is 2.31. The molecular weight excluding hydrogens is 342 g/mol. The summed E-state index contributed by atoms with van der Waals surface area (Å²) in [4.78, 5) is 20.4. The lowest BCUT2D eigenvalue weighted by Crippen LogP contribution is -2.59. The highest BCUT2D eigenvalue weighted by Gasteiger charge is 2.43. The van der Waals surface area contributed by atoms with Gasteiger partial charge in [0.25, 0.3) is 5.91 Å². The van der Waals surface area contributed by atoms with Crippen LogP contribution in [0.4, 0.5) is 0 Å². The fourth-order valence-electron chi connectivity index (χ4n) is 4.57. The van der Waals surface area contributed by atoms with Gasteiger partial charge in [0.2, 0.25) is 0 Å². The Morgan fingerprint density at radius 1 is 1.33 bits per heavy atom. The number of hydrogen-bond donors (Lipinski definition) is 2. The Labute approximate surface area is 160 Å². The molecular formula is C21H29N3O3. The Kier molecular flexibility index (Phi) is 4.97. The summed E-state index contributed by atoms with van der Waals surface area (Å²) in [6.45, 7) is 5.90. The van der Waals surface area contributed by atoms with Crippen molar-refractivity contribution in [3.05, 3.63) is 35.0 Å². The SMILES string of the molecule is COCCN1CCC[C@@](O)(CN2CCc3[nH]c4c(C)cccc4c3C2)C1=O. The lowest BCUT2D eigenvalue weighted by molar-refractivity contribution is -0.160. The van der Waals surface area contributed by atoms with Gasteiger partial charge in [0.15, 0.2) is 5.60 Å². The van der Waals surface area contributed by atoms with E-state index in [1.807, 2.05) is 0 Å². The maximum absolute atomic E-state index is 12.9. The van der Waals surface area contributed by atoms with Gasteiger partial charge < -0.3 is 19.7 Å². The van der Waals surface area contributed by atoms with Crippen molar-refractivity contribution in [1.82, 2.24) is 14.8 Å². The van der Waals surface area contributed by atoms with Crippen molar-refractivity contribution < 1.29 is 14.6 Å². The first-order valence-electron chi connectivity index (χ1n) is 9.84. The van der Waals surface area contributed by atoms with Gasteiger partial charge in [0, 0.05) is 62.9 Å². The quantitative estimate of drug-likeness (QED) is 0.841. The number of nitrogens with zero attached hydrogens (tertiary/aromatic N) is 2. The number of H-pyrrole nitrogens is 1. The molecule has 2 N–H and O–H groups in total. The summed E-state index contributed by atoms with van der Waals surface area (Å²) in [5.41, 5.74) is 3.78. The number of para-hydroxylation sites is 1. The maximum atomic E-state index is 12.9. The second kappa shape index (κ2) is 7.26. The number of aromatic amines is 1. The molecule has 0 aliphatic carbocycles. The number of aliphatic hydroxyl groups is 1. The summed E-state index contributed by atoms with van der Waals surface area (Å²) < 4.78 is 5.10. The number of hydrogen-bond acceptors (Lipinski definition) is 4. The number of piperidine rings is 1. The van der Waals surface area contributed by atoms with E-state index in [1.165, 1.54) is 27.7 Å². The molecule has 1 atom stereocenters. The molecule has 1 aromatic carbocycles. The van der Waals surface area contributed by atoms with Gasteiger partial charge in [-0.1, -0.05) is 18.2 Å². The molecule has 2 aliphatic rings. The van der Waals surface area contributed by atoms with Crippen molar-refractivity contribution in [2.24, 2.45) is 0 Å². The minimum absolute atomic E-state index is 0.147. The summed E-state index contributed by atoms with van der Waals surface area (Å²) in [5.74, 6) is -0.147. The number of aromatic nitrogens is 1. The van der Waals surface area contributed by atoms with E-state index in [4.69, 9.17) is 4.74 Å². The number of rotatable bonds is 5. The molecule has 0 spiro atoms. The van der Waals surface area contributed by atoms with Gasteiger partial charge in [0.1, 0.15) is 0 Å². The predicted octanol–water partition coefficient (Wildman–Crippen LogP) is 1.83. The molecule has 3 heterocycles. The number of β-amino-alcohol motifs (C(OH)–C–C–N with tert-alkyl or cyclic N) is 1. The number of carbonyl (C=O) groups is 1. The topological polar surface area (TPSA) is 68.8 Å². The van der Waals surface area contributed by atoms with E-state index in [1.54, 1.807) is 12.0 Å². The zero-order valence-electron chi connectivity index (χ0n) is 16.3. The molecule has 0 unspecified atom stereocenters. The molecule has 2 aromatic rings. The molecule has 0 radical (unpaired) electrons. The van der Waals surface area contributed by atoms with Gasteiger partial charge >= 0.3 is 0 Å². The van der Waals surface area contributed by atoms with E-state index >= 15 is 0 Å². The standard InChI is InChI=1S/C21H29N3O3/c1-15-5-3-6-16-17-13-23(10-7-18(17)22-19(15)16)14-21(26)8-4-9-24(20(21)25)11-12-27-2/h3,5-6,22,26H,4,7-14H2,1-2H3/t21-/m1/s1. The predicted molar refractivity (Wildman–Crippen MR) is 105 cm³/mol. The van der Waals surface area contributed by atoms with Crippen molar-refractivity contribution in [2.75, 3.05) is 39.9 Å². The summed E-state index contributed by atoms with van der Waals surface area (Å²) in [6.07, 6.45) is 2.28. The van der Waals surface area contributed by atoms with Crippen molar-refractivity contribution in [2.45, 2.75) is 38.3 Å². The second-order valence-corrected chi connectivity index (χ2v) is 7.96. The number of benzene rings is 1. The number of nitrogens with one attached hydrogen (secondary N) is 1. The Morgan fingerprint density at radius 3 is 3.00 bits per heavy atom. The van der Waals surface area contributed by atoms with E-state index in [-0.39, 0.29) is 5.91 Å².